The normalized spacial score (nSPS) is 15.2. The number of aliphatic hydroxyl groups is 1. The van der Waals surface area contributed by atoms with Crippen LogP contribution in [0.5, 0.6) is 0 Å². The van der Waals surface area contributed by atoms with Crippen molar-refractivity contribution in [3.05, 3.63) is 54.1 Å². The summed E-state index contributed by atoms with van der Waals surface area (Å²) in [5.41, 5.74) is 7.39. The fourth-order valence-electron chi connectivity index (χ4n) is 3.17. The Bertz CT molecular complexity index is 988. The molecule has 0 aliphatic heterocycles. The summed E-state index contributed by atoms with van der Waals surface area (Å²) in [6, 6.07) is 4.08. The molecule has 190 valence electrons. The SMILES string of the molecule is CC(O)C(NC(=O)C(CS)NC(=O)C(Cc1ccccc1)NC(=O)C(N)Cc1cnc[nH]1)C(=O)O. The van der Waals surface area contributed by atoms with Gasteiger partial charge in [0.2, 0.25) is 17.7 Å². The molecule has 5 unspecified atom stereocenters. The number of carbonyl (C=O) groups is 4. The first-order chi connectivity index (χ1) is 16.6. The molecule has 13 heteroatoms. The van der Waals surface area contributed by atoms with E-state index in [1.807, 2.05) is 0 Å². The van der Waals surface area contributed by atoms with Crippen LogP contribution in [0.25, 0.3) is 0 Å². The van der Waals surface area contributed by atoms with Gasteiger partial charge in [-0.1, -0.05) is 30.3 Å². The van der Waals surface area contributed by atoms with Crippen LogP contribution < -0.4 is 21.7 Å². The average molecular weight is 507 g/mol. The molecule has 1 aromatic carbocycles. The number of aromatic amines is 1. The maximum atomic E-state index is 13.1. The van der Waals surface area contributed by atoms with E-state index < -0.39 is 54.0 Å². The number of nitrogens with zero attached hydrogens (tertiary/aromatic N) is 1. The fraction of sp³-hybridized carbons (Fsp3) is 0.409. The van der Waals surface area contributed by atoms with Gasteiger partial charge in [-0.05, 0) is 12.5 Å². The Hall–Kier alpha value is -3.42. The smallest absolute Gasteiger partial charge is 0.328 e. The van der Waals surface area contributed by atoms with E-state index in [9.17, 15) is 29.4 Å². The van der Waals surface area contributed by atoms with Crippen molar-refractivity contribution in [3.63, 3.8) is 0 Å². The highest BCUT2D eigenvalue weighted by atomic mass is 32.1. The number of benzene rings is 1. The Morgan fingerprint density at radius 1 is 1.03 bits per heavy atom. The van der Waals surface area contributed by atoms with Gasteiger partial charge in [-0.3, -0.25) is 14.4 Å². The number of H-pyrrole nitrogens is 1. The van der Waals surface area contributed by atoms with Crippen molar-refractivity contribution < 1.29 is 29.4 Å². The monoisotopic (exact) mass is 506 g/mol. The Kier molecular flexibility index (Phi) is 10.7. The maximum absolute atomic E-state index is 13.1. The van der Waals surface area contributed by atoms with E-state index in [4.69, 9.17) is 5.73 Å². The predicted molar refractivity (Wildman–Crippen MR) is 129 cm³/mol. The highest BCUT2D eigenvalue weighted by Crippen LogP contribution is 2.06. The minimum absolute atomic E-state index is 0.113. The molecule has 0 radical (unpaired) electrons. The first-order valence-corrected chi connectivity index (χ1v) is 11.4. The second-order valence-electron chi connectivity index (χ2n) is 7.95. The lowest BCUT2D eigenvalue weighted by Gasteiger charge is -2.25. The van der Waals surface area contributed by atoms with Crippen LogP contribution in [0.4, 0.5) is 0 Å². The van der Waals surface area contributed by atoms with Crippen LogP contribution in [0.2, 0.25) is 0 Å². The van der Waals surface area contributed by atoms with E-state index in [1.165, 1.54) is 19.4 Å². The lowest BCUT2D eigenvalue weighted by Crippen LogP contribution is -2.59. The van der Waals surface area contributed by atoms with Crippen molar-refractivity contribution in [2.45, 2.75) is 50.0 Å². The Morgan fingerprint density at radius 2 is 1.66 bits per heavy atom. The van der Waals surface area contributed by atoms with Gasteiger partial charge in [0.15, 0.2) is 6.04 Å². The zero-order valence-electron chi connectivity index (χ0n) is 19.0. The lowest BCUT2D eigenvalue weighted by molar-refractivity contribution is -0.145. The third-order valence-electron chi connectivity index (χ3n) is 5.11. The Morgan fingerprint density at radius 3 is 2.20 bits per heavy atom. The third-order valence-corrected chi connectivity index (χ3v) is 5.47. The molecule has 0 bridgehead atoms. The van der Waals surface area contributed by atoms with Crippen LogP contribution in [0.15, 0.2) is 42.9 Å². The van der Waals surface area contributed by atoms with E-state index in [2.05, 4.69) is 38.5 Å². The molecule has 2 aromatic rings. The highest BCUT2D eigenvalue weighted by molar-refractivity contribution is 7.80. The second kappa shape index (κ2) is 13.5. The number of hydrogen-bond acceptors (Lipinski definition) is 8. The average Bonchev–Trinajstić information content (AvgIpc) is 3.33. The van der Waals surface area contributed by atoms with Gasteiger partial charge in [-0.2, -0.15) is 12.6 Å². The van der Waals surface area contributed by atoms with Crippen LogP contribution in [-0.2, 0) is 32.0 Å². The molecule has 0 aliphatic rings. The molecule has 1 heterocycles. The van der Waals surface area contributed by atoms with Crippen LogP contribution in [0, 0.1) is 0 Å². The minimum Gasteiger partial charge on any atom is -0.480 e. The summed E-state index contributed by atoms with van der Waals surface area (Å²) in [5.74, 6) is -3.70. The molecule has 0 spiro atoms. The minimum atomic E-state index is -1.57. The van der Waals surface area contributed by atoms with Gasteiger partial charge in [-0.15, -0.1) is 0 Å². The van der Waals surface area contributed by atoms with E-state index >= 15 is 0 Å². The number of carboxylic acids is 1. The molecule has 2 rings (SSSR count). The Labute approximate surface area is 207 Å². The summed E-state index contributed by atoms with van der Waals surface area (Å²) < 4.78 is 0. The van der Waals surface area contributed by atoms with E-state index in [0.29, 0.717) is 5.69 Å². The van der Waals surface area contributed by atoms with Crippen molar-refractivity contribution in [1.29, 1.82) is 0 Å². The number of thiol groups is 1. The first kappa shape index (κ1) is 27.8. The summed E-state index contributed by atoms with van der Waals surface area (Å²) in [5, 5.41) is 26.1. The number of nitrogens with two attached hydrogens (primary N) is 1. The van der Waals surface area contributed by atoms with Gasteiger partial charge in [0.1, 0.15) is 12.1 Å². The van der Waals surface area contributed by atoms with Crippen molar-refractivity contribution in [3.8, 4) is 0 Å². The van der Waals surface area contributed by atoms with E-state index in [-0.39, 0.29) is 18.6 Å². The summed E-state index contributed by atoms with van der Waals surface area (Å²) in [4.78, 5) is 56.4. The van der Waals surface area contributed by atoms with Crippen molar-refractivity contribution in [2.75, 3.05) is 5.75 Å². The number of imidazole rings is 1. The number of rotatable bonds is 13. The number of amides is 3. The number of hydrogen-bond donors (Lipinski definition) is 8. The standard InChI is InChI=1S/C22H30N6O6S/c1-12(29)18(22(33)34)28-21(32)17(10-35)27-20(31)16(7-13-5-3-2-4-6-13)26-19(30)15(23)8-14-9-24-11-25-14/h2-6,9,11-12,15-18,29,35H,7-8,10,23H2,1H3,(H,24,25)(H,26,30)(H,27,31)(H,28,32)(H,33,34). The lowest BCUT2D eigenvalue weighted by atomic mass is 10.0. The molecule has 0 saturated carbocycles. The first-order valence-electron chi connectivity index (χ1n) is 10.8. The number of nitrogens with one attached hydrogen (secondary N) is 4. The van der Waals surface area contributed by atoms with Crippen LogP contribution >= 0.6 is 12.6 Å². The van der Waals surface area contributed by atoms with Gasteiger partial charge >= 0.3 is 5.97 Å². The second-order valence-corrected chi connectivity index (χ2v) is 8.31. The molecular weight excluding hydrogens is 476 g/mol. The molecule has 1 aromatic heterocycles. The molecular formula is C22H30N6O6S. The maximum Gasteiger partial charge on any atom is 0.328 e. The van der Waals surface area contributed by atoms with Gasteiger partial charge in [0.25, 0.3) is 0 Å². The van der Waals surface area contributed by atoms with Gasteiger partial charge < -0.3 is 36.9 Å². The van der Waals surface area contributed by atoms with Gasteiger partial charge in [-0.25, -0.2) is 9.78 Å². The zero-order chi connectivity index (χ0) is 26.0. The number of aliphatic hydroxyl groups excluding tert-OH is 1. The highest BCUT2D eigenvalue weighted by Gasteiger charge is 2.31. The summed E-state index contributed by atoms with van der Waals surface area (Å²) in [6.07, 6.45) is 1.91. The quantitative estimate of drug-likeness (QED) is 0.148. The summed E-state index contributed by atoms with van der Waals surface area (Å²) >= 11 is 4.07. The van der Waals surface area contributed by atoms with Crippen LogP contribution in [0.1, 0.15) is 18.2 Å². The predicted octanol–water partition coefficient (Wildman–Crippen LogP) is -1.63. The Balaban J connectivity index is 2.13. The van der Waals surface area contributed by atoms with Gasteiger partial charge in [0.05, 0.1) is 18.5 Å². The van der Waals surface area contributed by atoms with Crippen molar-refractivity contribution in [1.82, 2.24) is 25.9 Å². The number of aromatic nitrogens is 2. The van der Waals surface area contributed by atoms with Crippen molar-refractivity contribution in [2.24, 2.45) is 5.73 Å². The fourth-order valence-corrected chi connectivity index (χ4v) is 3.43. The van der Waals surface area contributed by atoms with Crippen molar-refractivity contribution >= 4 is 36.3 Å². The van der Waals surface area contributed by atoms with Crippen LogP contribution in [-0.4, -0.2) is 79.9 Å². The molecule has 5 atom stereocenters. The number of carbonyl (C=O) groups excluding carboxylic acids is 3. The largest absolute Gasteiger partial charge is 0.480 e. The third kappa shape index (κ3) is 8.70. The molecule has 0 aliphatic carbocycles. The number of aliphatic carboxylic acids is 1. The summed E-state index contributed by atoms with van der Waals surface area (Å²) in [6.45, 7) is 1.21. The molecule has 3 amide bonds. The van der Waals surface area contributed by atoms with E-state index in [1.54, 1.807) is 30.3 Å². The molecule has 0 saturated heterocycles. The molecule has 12 nitrogen and oxygen atoms in total. The molecule has 8 N–H and O–H groups in total. The molecule has 0 fully saturated rings. The van der Waals surface area contributed by atoms with E-state index in [0.717, 1.165) is 5.56 Å². The van der Waals surface area contributed by atoms with Crippen LogP contribution in [0.3, 0.4) is 0 Å². The van der Waals surface area contributed by atoms with Gasteiger partial charge in [0, 0.05) is 30.5 Å². The summed E-state index contributed by atoms with van der Waals surface area (Å²) in [7, 11) is 0. The zero-order valence-corrected chi connectivity index (χ0v) is 19.9. The topological polar surface area (TPSA) is 200 Å². The molecule has 35 heavy (non-hydrogen) atoms. The number of carboxylic acid groups (broad SMARTS) is 1.